The number of carbonyl (C=O) groups is 1. The number of pyridine rings is 1. The minimum Gasteiger partial charge on any atom is -0.478 e. The lowest BCUT2D eigenvalue weighted by molar-refractivity contribution is 0.0697. The fourth-order valence-electron chi connectivity index (χ4n) is 2.97. The number of aromatic carboxylic acids is 1. The second-order valence-corrected chi connectivity index (χ2v) is 5.94. The number of carboxylic acids is 1. The average molecular weight is 344 g/mol. The number of nitrogens with one attached hydrogen (secondary N) is 1. The Balaban J connectivity index is 1.72. The van der Waals surface area contributed by atoms with Crippen molar-refractivity contribution < 1.29 is 9.90 Å². The molecular weight excluding hydrogens is 328 g/mol. The van der Waals surface area contributed by atoms with Crippen molar-refractivity contribution in [2.45, 2.75) is 6.42 Å². The van der Waals surface area contributed by atoms with Crippen molar-refractivity contribution in [2.24, 2.45) is 0 Å². The molecule has 6 heteroatoms. The van der Waals surface area contributed by atoms with Gasteiger partial charge in [0.15, 0.2) is 5.82 Å². The van der Waals surface area contributed by atoms with Crippen LogP contribution in [0.4, 0.5) is 5.82 Å². The first-order valence-electron chi connectivity index (χ1n) is 8.27. The predicted octanol–water partition coefficient (Wildman–Crippen LogP) is 3.53. The summed E-state index contributed by atoms with van der Waals surface area (Å²) in [7, 11) is 0. The molecule has 26 heavy (non-hydrogen) atoms. The van der Waals surface area contributed by atoms with Crippen molar-refractivity contribution in [3.05, 3.63) is 72.2 Å². The molecule has 2 heterocycles. The number of aromatic nitrogens is 3. The van der Waals surface area contributed by atoms with E-state index >= 15 is 0 Å². The highest BCUT2D eigenvalue weighted by Crippen LogP contribution is 2.27. The molecule has 0 amide bonds. The average Bonchev–Trinajstić information content (AvgIpc) is 2.68. The molecule has 2 N–H and O–H groups in total. The summed E-state index contributed by atoms with van der Waals surface area (Å²) in [6.07, 6.45) is 4.07. The molecule has 0 aliphatic heterocycles. The minimum absolute atomic E-state index is 0.205. The molecule has 4 rings (SSSR count). The fraction of sp³-hybridized carbons (Fsp3) is 0.100. The number of benzene rings is 2. The van der Waals surface area contributed by atoms with Gasteiger partial charge in [-0.1, -0.05) is 36.4 Å². The van der Waals surface area contributed by atoms with Gasteiger partial charge >= 0.3 is 5.97 Å². The van der Waals surface area contributed by atoms with Gasteiger partial charge in [-0.25, -0.2) is 19.7 Å². The van der Waals surface area contributed by atoms with Crippen LogP contribution in [0.5, 0.6) is 0 Å². The topological polar surface area (TPSA) is 88.0 Å². The fourth-order valence-corrected chi connectivity index (χ4v) is 2.97. The summed E-state index contributed by atoms with van der Waals surface area (Å²) in [6.45, 7) is 0.695. The van der Waals surface area contributed by atoms with Gasteiger partial charge in [0.25, 0.3) is 0 Å². The molecule has 0 atom stereocenters. The number of fused-ring (bicyclic) bond motifs is 3. The highest BCUT2D eigenvalue weighted by Gasteiger charge is 2.12. The van der Waals surface area contributed by atoms with Gasteiger partial charge in [-0.15, -0.1) is 0 Å². The third-order valence-electron chi connectivity index (χ3n) is 4.25. The van der Waals surface area contributed by atoms with E-state index in [2.05, 4.69) is 32.4 Å². The van der Waals surface area contributed by atoms with E-state index in [1.54, 1.807) is 24.4 Å². The van der Waals surface area contributed by atoms with Crippen LogP contribution >= 0.6 is 0 Å². The summed E-state index contributed by atoms with van der Waals surface area (Å²) in [5.74, 6) is -0.343. The molecule has 0 aliphatic carbocycles. The Morgan fingerprint density at radius 1 is 1.08 bits per heavy atom. The van der Waals surface area contributed by atoms with Crippen molar-refractivity contribution in [3.63, 3.8) is 0 Å². The zero-order valence-electron chi connectivity index (χ0n) is 13.9. The lowest BCUT2D eigenvalue weighted by Crippen LogP contribution is -2.08. The summed E-state index contributed by atoms with van der Waals surface area (Å²) in [6, 6.07) is 15.1. The van der Waals surface area contributed by atoms with E-state index in [0.29, 0.717) is 17.9 Å². The van der Waals surface area contributed by atoms with Gasteiger partial charge in [0.2, 0.25) is 0 Å². The zero-order chi connectivity index (χ0) is 17.9. The van der Waals surface area contributed by atoms with Crippen molar-refractivity contribution >= 4 is 33.6 Å². The Morgan fingerprint density at radius 2 is 1.92 bits per heavy atom. The van der Waals surface area contributed by atoms with E-state index in [-0.39, 0.29) is 5.56 Å². The lowest BCUT2D eigenvalue weighted by atomic mass is 10.1. The number of hydrogen-bond donors (Lipinski definition) is 2. The van der Waals surface area contributed by atoms with Crippen molar-refractivity contribution in [2.75, 3.05) is 11.9 Å². The summed E-state index contributed by atoms with van der Waals surface area (Å²) < 4.78 is 0. The Hall–Kier alpha value is -3.54. The Morgan fingerprint density at radius 3 is 2.73 bits per heavy atom. The van der Waals surface area contributed by atoms with E-state index in [4.69, 9.17) is 0 Å². The summed E-state index contributed by atoms with van der Waals surface area (Å²) in [5.41, 5.74) is 2.77. The van der Waals surface area contributed by atoms with Gasteiger partial charge in [-0.05, 0) is 24.1 Å². The molecule has 0 bridgehead atoms. The van der Waals surface area contributed by atoms with Gasteiger partial charge in [0.1, 0.15) is 11.8 Å². The van der Waals surface area contributed by atoms with E-state index in [1.807, 2.05) is 18.2 Å². The van der Waals surface area contributed by atoms with Crippen LogP contribution in [0, 0.1) is 0 Å². The maximum atomic E-state index is 11.3. The molecule has 128 valence electrons. The number of rotatable bonds is 5. The normalized spacial score (nSPS) is 10.9. The Bertz CT molecular complexity index is 1100. The van der Waals surface area contributed by atoms with Crippen molar-refractivity contribution in [1.29, 1.82) is 0 Å². The first kappa shape index (κ1) is 16.0. The first-order chi connectivity index (χ1) is 12.7. The van der Waals surface area contributed by atoms with Crippen LogP contribution in [-0.2, 0) is 6.42 Å². The molecule has 0 radical (unpaired) electrons. The van der Waals surface area contributed by atoms with Gasteiger partial charge < -0.3 is 10.4 Å². The quantitative estimate of drug-likeness (QED) is 0.539. The third-order valence-corrected chi connectivity index (χ3v) is 4.25. The molecule has 2 aromatic carbocycles. The first-order valence-corrected chi connectivity index (χ1v) is 8.27. The Kier molecular flexibility index (Phi) is 4.15. The second-order valence-electron chi connectivity index (χ2n) is 5.94. The number of anilines is 1. The van der Waals surface area contributed by atoms with Crippen LogP contribution in [0.2, 0.25) is 0 Å². The van der Waals surface area contributed by atoms with Gasteiger partial charge in [-0.3, -0.25) is 0 Å². The molecule has 0 fully saturated rings. The molecule has 2 aromatic heterocycles. The van der Waals surface area contributed by atoms with Crippen LogP contribution in [0.3, 0.4) is 0 Å². The second kappa shape index (κ2) is 6.76. The largest absolute Gasteiger partial charge is 0.478 e. The van der Waals surface area contributed by atoms with E-state index < -0.39 is 5.97 Å². The number of hydrogen-bond acceptors (Lipinski definition) is 5. The SMILES string of the molecule is O=C(O)c1ccc2c(c1)nc(NCCc1ccccc1)c1ncncc12. The highest BCUT2D eigenvalue weighted by molar-refractivity contribution is 6.09. The van der Waals surface area contributed by atoms with Crippen molar-refractivity contribution in [3.8, 4) is 0 Å². The maximum absolute atomic E-state index is 11.3. The molecule has 4 aromatic rings. The number of carboxylic acid groups (broad SMARTS) is 1. The monoisotopic (exact) mass is 344 g/mol. The highest BCUT2D eigenvalue weighted by atomic mass is 16.4. The standard InChI is InChI=1S/C20H16N4O2/c25-20(26)14-6-7-15-16-11-21-12-23-18(16)19(24-17(15)10-14)22-9-8-13-4-2-1-3-5-13/h1-7,10-12H,8-9H2,(H,22,24)(H,25,26). The van der Waals surface area contributed by atoms with E-state index in [9.17, 15) is 9.90 Å². The van der Waals surface area contributed by atoms with Crippen LogP contribution in [0.15, 0.2) is 61.1 Å². The zero-order valence-corrected chi connectivity index (χ0v) is 13.9. The van der Waals surface area contributed by atoms with Gasteiger partial charge in [0, 0.05) is 23.5 Å². The minimum atomic E-state index is -0.975. The maximum Gasteiger partial charge on any atom is 0.335 e. The van der Waals surface area contributed by atoms with Crippen LogP contribution in [-0.4, -0.2) is 32.6 Å². The summed E-state index contributed by atoms with van der Waals surface area (Å²) in [5, 5.41) is 14.2. The number of nitrogens with zero attached hydrogens (tertiary/aromatic N) is 3. The van der Waals surface area contributed by atoms with E-state index in [0.717, 1.165) is 22.7 Å². The van der Waals surface area contributed by atoms with E-state index in [1.165, 1.54) is 11.9 Å². The molecule has 0 saturated heterocycles. The third kappa shape index (κ3) is 3.04. The summed E-state index contributed by atoms with van der Waals surface area (Å²) >= 11 is 0. The smallest absolute Gasteiger partial charge is 0.335 e. The van der Waals surface area contributed by atoms with Gasteiger partial charge in [0.05, 0.1) is 11.1 Å². The van der Waals surface area contributed by atoms with Crippen molar-refractivity contribution in [1.82, 2.24) is 15.0 Å². The van der Waals surface area contributed by atoms with Crippen LogP contribution in [0.1, 0.15) is 15.9 Å². The lowest BCUT2D eigenvalue weighted by Gasteiger charge is -2.11. The molecule has 0 aliphatic rings. The van der Waals surface area contributed by atoms with Crippen LogP contribution in [0.25, 0.3) is 21.8 Å². The molecule has 6 nitrogen and oxygen atoms in total. The molecule has 0 unspecified atom stereocenters. The van der Waals surface area contributed by atoms with Crippen LogP contribution < -0.4 is 5.32 Å². The molecular formula is C20H16N4O2. The summed E-state index contributed by atoms with van der Waals surface area (Å²) in [4.78, 5) is 24.3. The Labute approximate surface area is 149 Å². The predicted molar refractivity (Wildman–Crippen MR) is 100 cm³/mol. The molecule has 0 spiro atoms. The molecule has 0 saturated carbocycles. The van der Waals surface area contributed by atoms with Gasteiger partial charge in [-0.2, -0.15) is 0 Å².